The SMILES string of the molecule is CCC(C)NC(=O)CCCc1c(-c2ccc3ccccc3n2)[nH]c2ccccc12. The van der Waals surface area contributed by atoms with E-state index in [4.69, 9.17) is 4.98 Å². The molecule has 4 nitrogen and oxygen atoms in total. The summed E-state index contributed by atoms with van der Waals surface area (Å²) in [6.07, 6.45) is 3.13. The second-order valence-electron chi connectivity index (χ2n) is 7.64. The number of hydrogen-bond donors (Lipinski definition) is 2. The first-order valence-electron chi connectivity index (χ1n) is 10.4. The number of benzene rings is 2. The fourth-order valence-electron chi connectivity index (χ4n) is 3.76. The number of amides is 1. The molecule has 1 amide bonds. The minimum Gasteiger partial charge on any atom is -0.354 e. The molecule has 148 valence electrons. The van der Waals surface area contributed by atoms with Gasteiger partial charge in [-0.25, -0.2) is 4.98 Å². The van der Waals surface area contributed by atoms with Crippen LogP contribution >= 0.6 is 0 Å². The molecule has 29 heavy (non-hydrogen) atoms. The van der Waals surface area contributed by atoms with Crippen molar-refractivity contribution in [2.75, 3.05) is 0 Å². The third-order valence-corrected chi connectivity index (χ3v) is 5.52. The summed E-state index contributed by atoms with van der Waals surface area (Å²) in [5.74, 6) is 0.129. The van der Waals surface area contributed by atoms with E-state index in [0.717, 1.165) is 47.1 Å². The van der Waals surface area contributed by atoms with Crippen molar-refractivity contribution in [3.05, 3.63) is 66.2 Å². The minimum atomic E-state index is 0.129. The molecule has 0 spiro atoms. The Hall–Kier alpha value is -3.14. The standard InChI is InChI=1S/C25H27N3O/c1-3-17(2)26-24(29)14-8-11-20-19-10-5-7-13-22(19)28-25(20)23-16-15-18-9-4-6-12-21(18)27-23/h4-7,9-10,12-13,15-17,28H,3,8,11,14H2,1-2H3,(H,26,29). The predicted molar refractivity (Wildman–Crippen MR) is 120 cm³/mol. The van der Waals surface area contributed by atoms with E-state index in [1.807, 2.05) is 31.2 Å². The second kappa shape index (κ2) is 8.48. The van der Waals surface area contributed by atoms with Crippen molar-refractivity contribution >= 4 is 27.7 Å². The summed E-state index contributed by atoms with van der Waals surface area (Å²) in [6.45, 7) is 4.13. The van der Waals surface area contributed by atoms with Crippen LogP contribution in [0.4, 0.5) is 0 Å². The number of aromatic amines is 1. The Morgan fingerprint density at radius 1 is 1.07 bits per heavy atom. The van der Waals surface area contributed by atoms with Crippen molar-refractivity contribution in [3.8, 4) is 11.4 Å². The van der Waals surface area contributed by atoms with Gasteiger partial charge in [0.25, 0.3) is 0 Å². The maximum Gasteiger partial charge on any atom is 0.220 e. The fourth-order valence-corrected chi connectivity index (χ4v) is 3.76. The molecule has 2 aromatic heterocycles. The van der Waals surface area contributed by atoms with Gasteiger partial charge < -0.3 is 10.3 Å². The maximum absolute atomic E-state index is 12.2. The van der Waals surface area contributed by atoms with Crippen LogP contribution < -0.4 is 5.32 Å². The Bertz CT molecular complexity index is 1150. The molecular formula is C25H27N3O. The molecule has 0 saturated carbocycles. The molecule has 0 aliphatic rings. The molecule has 0 bridgehead atoms. The van der Waals surface area contributed by atoms with Crippen LogP contribution in [0.5, 0.6) is 0 Å². The molecule has 1 atom stereocenters. The van der Waals surface area contributed by atoms with Crippen molar-refractivity contribution in [2.24, 2.45) is 0 Å². The van der Waals surface area contributed by atoms with E-state index in [2.05, 4.69) is 53.6 Å². The number of para-hydroxylation sites is 2. The first kappa shape index (κ1) is 19.2. The topological polar surface area (TPSA) is 57.8 Å². The Morgan fingerprint density at radius 2 is 1.86 bits per heavy atom. The van der Waals surface area contributed by atoms with E-state index < -0.39 is 0 Å². The monoisotopic (exact) mass is 385 g/mol. The summed E-state index contributed by atoms with van der Waals surface area (Å²) in [5, 5.41) is 5.40. The molecule has 4 rings (SSSR count). The van der Waals surface area contributed by atoms with Crippen LogP contribution in [-0.4, -0.2) is 21.9 Å². The third-order valence-electron chi connectivity index (χ3n) is 5.52. The highest BCUT2D eigenvalue weighted by Crippen LogP contribution is 2.31. The van der Waals surface area contributed by atoms with Gasteiger partial charge in [0.15, 0.2) is 0 Å². The third kappa shape index (κ3) is 4.16. The van der Waals surface area contributed by atoms with E-state index in [1.165, 1.54) is 10.9 Å². The predicted octanol–water partition coefficient (Wildman–Crippen LogP) is 5.62. The smallest absolute Gasteiger partial charge is 0.220 e. The fraction of sp³-hybridized carbons (Fsp3) is 0.280. The molecular weight excluding hydrogens is 358 g/mol. The molecule has 0 saturated heterocycles. The number of carbonyl (C=O) groups excluding carboxylic acids is 1. The number of hydrogen-bond acceptors (Lipinski definition) is 2. The zero-order chi connectivity index (χ0) is 20.2. The normalized spacial score (nSPS) is 12.3. The lowest BCUT2D eigenvalue weighted by molar-refractivity contribution is -0.121. The van der Waals surface area contributed by atoms with Crippen LogP contribution in [0.25, 0.3) is 33.2 Å². The molecule has 0 fully saturated rings. The van der Waals surface area contributed by atoms with Crippen LogP contribution in [0, 0.1) is 0 Å². The van der Waals surface area contributed by atoms with Gasteiger partial charge in [0, 0.05) is 28.8 Å². The van der Waals surface area contributed by atoms with Crippen LogP contribution in [0.2, 0.25) is 0 Å². The van der Waals surface area contributed by atoms with Gasteiger partial charge in [0.2, 0.25) is 5.91 Å². The average Bonchev–Trinajstić information content (AvgIpc) is 3.12. The Kier molecular flexibility index (Phi) is 5.61. The second-order valence-corrected chi connectivity index (χ2v) is 7.64. The van der Waals surface area contributed by atoms with Crippen LogP contribution in [0.3, 0.4) is 0 Å². The minimum absolute atomic E-state index is 0.129. The number of rotatable bonds is 7. The summed E-state index contributed by atoms with van der Waals surface area (Å²) in [4.78, 5) is 20.6. The highest BCUT2D eigenvalue weighted by Gasteiger charge is 2.15. The van der Waals surface area contributed by atoms with Crippen LogP contribution in [0.1, 0.15) is 38.7 Å². The number of fused-ring (bicyclic) bond motifs is 2. The number of aryl methyl sites for hydroxylation is 1. The van der Waals surface area contributed by atoms with Crippen molar-refractivity contribution in [1.82, 2.24) is 15.3 Å². The number of H-pyrrole nitrogens is 1. The largest absolute Gasteiger partial charge is 0.354 e. The van der Waals surface area contributed by atoms with Crippen molar-refractivity contribution < 1.29 is 4.79 Å². The number of pyridine rings is 1. The van der Waals surface area contributed by atoms with E-state index in [1.54, 1.807) is 0 Å². The van der Waals surface area contributed by atoms with Gasteiger partial charge in [-0.15, -0.1) is 0 Å². The summed E-state index contributed by atoms with van der Waals surface area (Å²) in [5.41, 5.74) is 5.33. The van der Waals surface area contributed by atoms with Crippen LogP contribution in [0.15, 0.2) is 60.7 Å². The van der Waals surface area contributed by atoms with Gasteiger partial charge in [-0.1, -0.05) is 49.4 Å². The lowest BCUT2D eigenvalue weighted by Gasteiger charge is -2.11. The van der Waals surface area contributed by atoms with Gasteiger partial charge in [-0.3, -0.25) is 4.79 Å². The van der Waals surface area contributed by atoms with Gasteiger partial charge in [-0.2, -0.15) is 0 Å². The first-order chi connectivity index (χ1) is 14.2. The van der Waals surface area contributed by atoms with Gasteiger partial charge >= 0.3 is 0 Å². The van der Waals surface area contributed by atoms with Crippen molar-refractivity contribution in [1.29, 1.82) is 0 Å². The molecule has 4 aromatic rings. The quantitative estimate of drug-likeness (QED) is 0.434. The summed E-state index contributed by atoms with van der Waals surface area (Å²) in [7, 11) is 0. The van der Waals surface area contributed by atoms with E-state index in [0.29, 0.717) is 6.42 Å². The molecule has 4 heteroatoms. The Balaban J connectivity index is 1.63. The Labute approximate surface area is 171 Å². The molecule has 0 aliphatic heterocycles. The summed E-state index contributed by atoms with van der Waals surface area (Å²) < 4.78 is 0. The Morgan fingerprint density at radius 3 is 2.72 bits per heavy atom. The van der Waals surface area contributed by atoms with Crippen molar-refractivity contribution in [3.63, 3.8) is 0 Å². The average molecular weight is 386 g/mol. The highest BCUT2D eigenvalue weighted by molar-refractivity contribution is 5.91. The van der Waals surface area contributed by atoms with E-state index in [-0.39, 0.29) is 11.9 Å². The summed E-state index contributed by atoms with van der Waals surface area (Å²) in [6, 6.07) is 20.9. The maximum atomic E-state index is 12.2. The molecule has 2 N–H and O–H groups in total. The first-order valence-corrected chi connectivity index (χ1v) is 10.4. The lowest BCUT2D eigenvalue weighted by Crippen LogP contribution is -2.31. The molecule has 0 radical (unpaired) electrons. The molecule has 2 heterocycles. The number of aromatic nitrogens is 2. The highest BCUT2D eigenvalue weighted by atomic mass is 16.1. The van der Waals surface area contributed by atoms with Crippen LogP contribution in [-0.2, 0) is 11.2 Å². The molecule has 0 aliphatic carbocycles. The van der Waals surface area contributed by atoms with Gasteiger partial charge in [0.1, 0.15) is 0 Å². The van der Waals surface area contributed by atoms with E-state index in [9.17, 15) is 4.79 Å². The number of nitrogens with zero attached hydrogens (tertiary/aromatic N) is 1. The number of nitrogens with one attached hydrogen (secondary N) is 2. The summed E-state index contributed by atoms with van der Waals surface area (Å²) >= 11 is 0. The molecule has 1 unspecified atom stereocenters. The van der Waals surface area contributed by atoms with Gasteiger partial charge in [0.05, 0.1) is 16.9 Å². The van der Waals surface area contributed by atoms with E-state index >= 15 is 0 Å². The zero-order valence-electron chi connectivity index (χ0n) is 17.0. The van der Waals surface area contributed by atoms with Gasteiger partial charge in [-0.05, 0) is 49.9 Å². The number of carbonyl (C=O) groups is 1. The van der Waals surface area contributed by atoms with Crippen molar-refractivity contribution in [2.45, 2.75) is 45.6 Å². The lowest BCUT2D eigenvalue weighted by atomic mass is 10.0. The molecule has 2 aromatic carbocycles. The zero-order valence-corrected chi connectivity index (χ0v) is 17.0.